The fourth-order valence-corrected chi connectivity index (χ4v) is 2.28. The van der Waals surface area contributed by atoms with Gasteiger partial charge in [-0.3, -0.25) is 0 Å². The van der Waals surface area contributed by atoms with E-state index in [-0.39, 0.29) is 0 Å². The molecule has 1 unspecified atom stereocenters. The monoisotopic (exact) mass is 250 g/mol. The molecule has 0 amide bonds. The van der Waals surface area contributed by atoms with E-state index in [4.69, 9.17) is 4.74 Å². The van der Waals surface area contributed by atoms with Crippen LogP contribution in [0.25, 0.3) is 0 Å². The third-order valence-electron chi connectivity index (χ3n) is 3.18. The highest BCUT2D eigenvalue weighted by Gasteiger charge is 2.23. The van der Waals surface area contributed by atoms with Crippen LogP contribution >= 0.6 is 0 Å². The first kappa shape index (κ1) is 13.1. The Balaban J connectivity index is 1.96. The van der Waals surface area contributed by atoms with Crippen molar-refractivity contribution in [2.45, 2.75) is 19.8 Å². The molecule has 0 aromatic carbocycles. The van der Waals surface area contributed by atoms with Gasteiger partial charge in [-0.25, -0.2) is 9.97 Å². The summed E-state index contributed by atoms with van der Waals surface area (Å²) in [5.74, 6) is 2.37. The van der Waals surface area contributed by atoms with Crippen LogP contribution in [0, 0.1) is 5.92 Å². The lowest BCUT2D eigenvalue weighted by Gasteiger charge is -2.17. The normalized spacial score (nSPS) is 19.2. The second-order valence-electron chi connectivity index (χ2n) is 4.72. The van der Waals surface area contributed by atoms with Gasteiger partial charge in [-0.05, 0) is 32.4 Å². The molecule has 1 aliphatic heterocycles. The van der Waals surface area contributed by atoms with Crippen molar-refractivity contribution in [2.75, 3.05) is 38.2 Å². The highest BCUT2D eigenvalue weighted by atomic mass is 16.5. The van der Waals surface area contributed by atoms with Crippen molar-refractivity contribution in [3.63, 3.8) is 0 Å². The van der Waals surface area contributed by atoms with E-state index >= 15 is 0 Å². The number of hydrogen-bond acceptors (Lipinski definition) is 5. The summed E-state index contributed by atoms with van der Waals surface area (Å²) in [6, 6.07) is 1.94. The summed E-state index contributed by atoms with van der Waals surface area (Å²) in [5, 5.41) is 3.24. The summed E-state index contributed by atoms with van der Waals surface area (Å²) in [5.41, 5.74) is 0. The minimum Gasteiger partial charge on any atom is -0.478 e. The Kier molecular flexibility index (Phi) is 4.75. The number of aromatic nitrogens is 2. The molecule has 5 heteroatoms. The Bertz CT molecular complexity index is 372. The van der Waals surface area contributed by atoms with Gasteiger partial charge >= 0.3 is 0 Å². The van der Waals surface area contributed by atoms with Gasteiger partial charge in [-0.2, -0.15) is 0 Å². The molecule has 0 radical (unpaired) electrons. The average Bonchev–Trinajstić information content (AvgIpc) is 2.86. The molecule has 1 fully saturated rings. The van der Waals surface area contributed by atoms with Crippen molar-refractivity contribution in [2.24, 2.45) is 5.92 Å². The molecule has 0 aliphatic carbocycles. The van der Waals surface area contributed by atoms with Crippen molar-refractivity contribution >= 4 is 5.82 Å². The molecular formula is C13H22N4O. The van der Waals surface area contributed by atoms with Gasteiger partial charge in [0, 0.05) is 19.2 Å². The summed E-state index contributed by atoms with van der Waals surface area (Å²) >= 11 is 0. The Hall–Kier alpha value is -1.36. The summed E-state index contributed by atoms with van der Waals surface area (Å²) in [6.07, 6.45) is 3.80. The Labute approximate surface area is 109 Å². The first-order valence-electron chi connectivity index (χ1n) is 6.68. The number of nitrogens with zero attached hydrogens (tertiary/aromatic N) is 3. The Morgan fingerprint density at radius 2 is 2.39 bits per heavy atom. The number of rotatable bonds is 6. The predicted octanol–water partition coefficient (Wildman–Crippen LogP) is 1.31. The van der Waals surface area contributed by atoms with Crippen LogP contribution in [0.2, 0.25) is 0 Å². The predicted molar refractivity (Wildman–Crippen MR) is 72.1 cm³/mol. The van der Waals surface area contributed by atoms with Gasteiger partial charge in [0.1, 0.15) is 12.1 Å². The van der Waals surface area contributed by atoms with Crippen LogP contribution in [0.15, 0.2) is 12.4 Å². The number of nitrogens with one attached hydrogen (secondary N) is 1. The smallest absolute Gasteiger partial charge is 0.218 e. The molecular weight excluding hydrogens is 228 g/mol. The van der Waals surface area contributed by atoms with Crippen LogP contribution in [-0.2, 0) is 0 Å². The Morgan fingerprint density at radius 3 is 3.17 bits per heavy atom. The van der Waals surface area contributed by atoms with E-state index in [9.17, 15) is 0 Å². The van der Waals surface area contributed by atoms with Crippen LogP contribution in [0.4, 0.5) is 5.82 Å². The summed E-state index contributed by atoms with van der Waals surface area (Å²) in [7, 11) is 2.00. The average molecular weight is 250 g/mol. The first-order chi connectivity index (χ1) is 8.83. The van der Waals surface area contributed by atoms with Gasteiger partial charge in [0.25, 0.3) is 0 Å². The summed E-state index contributed by atoms with van der Waals surface area (Å²) in [6.45, 7) is 5.99. The van der Waals surface area contributed by atoms with E-state index < -0.39 is 0 Å². The summed E-state index contributed by atoms with van der Waals surface area (Å²) in [4.78, 5) is 10.8. The second kappa shape index (κ2) is 6.54. The molecule has 100 valence electrons. The van der Waals surface area contributed by atoms with E-state index in [2.05, 4.69) is 27.1 Å². The molecule has 1 N–H and O–H groups in total. The topological polar surface area (TPSA) is 50.3 Å². The summed E-state index contributed by atoms with van der Waals surface area (Å²) < 4.78 is 5.54. The highest BCUT2D eigenvalue weighted by Crippen LogP contribution is 2.23. The van der Waals surface area contributed by atoms with Crippen LogP contribution in [0.5, 0.6) is 5.88 Å². The molecule has 0 saturated carbocycles. The van der Waals surface area contributed by atoms with Crippen LogP contribution in [0.3, 0.4) is 0 Å². The van der Waals surface area contributed by atoms with Gasteiger partial charge in [0.2, 0.25) is 5.88 Å². The first-order valence-corrected chi connectivity index (χ1v) is 6.68. The lowest BCUT2D eigenvalue weighted by molar-refractivity contribution is 0.304. The highest BCUT2D eigenvalue weighted by molar-refractivity contribution is 5.41. The van der Waals surface area contributed by atoms with E-state index in [0.717, 1.165) is 31.9 Å². The molecule has 1 saturated heterocycles. The number of anilines is 1. The minimum absolute atomic E-state index is 0.680. The minimum atomic E-state index is 0.680. The van der Waals surface area contributed by atoms with Gasteiger partial charge in [0.05, 0.1) is 6.61 Å². The standard InChI is InChI=1S/C13H22N4O/c1-3-6-18-13-7-12(15-10-16-13)17-5-4-11(9-17)8-14-2/h7,10-11,14H,3-6,8-9H2,1-2H3. The molecule has 2 heterocycles. The molecule has 0 bridgehead atoms. The molecule has 0 spiro atoms. The molecule has 1 aromatic rings. The largest absolute Gasteiger partial charge is 0.478 e. The van der Waals surface area contributed by atoms with Crippen LogP contribution < -0.4 is 15.0 Å². The fraction of sp³-hybridized carbons (Fsp3) is 0.692. The quantitative estimate of drug-likeness (QED) is 0.825. The van der Waals surface area contributed by atoms with E-state index in [0.29, 0.717) is 18.4 Å². The van der Waals surface area contributed by atoms with E-state index in [1.807, 2.05) is 13.1 Å². The fourth-order valence-electron chi connectivity index (χ4n) is 2.28. The van der Waals surface area contributed by atoms with Crippen molar-refractivity contribution in [3.05, 3.63) is 12.4 Å². The molecule has 2 rings (SSSR count). The van der Waals surface area contributed by atoms with Crippen molar-refractivity contribution < 1.29 is 4.74 Å². The number of hydrogen-bond donors (Lipinski definition) is 1. The molecule has 5 nitrogen and oxygen atoms in total. The third kappa shape index (κ3) is 3.32. The van der Waals surface area contributed by atoms with Gasteiger partial charge in [-0.1, -0.05) is 6.92 Å². The number of ether oxygens (including phenoxy) is 1. The van der Waals surface area contributed by atoms with E-state index in [1.165, 1.54) is 6.42 Å². The van der Waals surface area contributed by atoms with E-state index in [1.54, 1.807) is 6.33 Å². The molecule has 1 aliphatic rings. The zero-order valence-electron chi connectivity index (χ0n) is 11.2. The van der Waals surface area contributed by atoms with Crippen molar-refractivity contribution in [1.29, 1.82) is 0 Å². The maximum absolute atomic E-state index is 5.54. The van der Waals surface area contributed by atoms with Crippen molar-refractivity contribution in [1.82, 2.24) is 15.3 Å². The van der Waals surface area contributed by atoms with Gasteiger partial charge in [0.15, 0.2) is 0 Å². The molecule has 1 aromatic heterocycles. The zero-order chi connectivity index (χ0) is 12.8. The molecule has 18 heavy (non-hydrogen) atoms. The second-order valence-corrected chi connectivity index (χ2v) is 4.72. The zero-order valence-corrected chi connectivity index (χ0v) is 11.2. The van der Waals surface area contributed by atoms with Crippen LogP contribution in [-0.4, -0.2) is 43.3 Å². The van der Waals surface area contributed by atoms with Gasteiger partial charge in [-0.15, -0.1) is 0 Å². The SMILES string of the molecule is CCCOc1cc(N2CCC(CNC)C2)ncn1. The maximum atomic E-state index is 5.54. The lowest BCUT2D eigenvalue weighted by Crippen LogP contribution is -2.25. The van der Waals surface area contributed by atoms with Gasteiger partial charge < -0.3 is 15.0 Å². The molecule has 1 atom stereocenters. The lowest BCUT2D eigenvalue weighted by atomic mass is 10.1. The van der Waals surface area contributed by atoms with Crippen LogP contribution in [0.1, 0.15) is 19.8 Å². The third-order valence-corrected chi connectivity index (χ3v) is 3.18. The van der Waals surface area contributed by atoms with Crippen molar-refractivity contribution in [3.8, 4) is 5.88 Å². The maximum Gasteiger partial charge on any atom is 0.218 e. The Morgan fingerprint density at radius 1 is 1.50 bits per heavy atom.